The first-order valence-corrected chi connectivity index (χ1v) is 8.09. The Labute approximate surface area is 153 Å². The summed E-state index contributed by atoms with van der Waals surface area (Å²) in [4.78, 5) is 25.7. The largest absolute Gasteiger partial charge is 0.446 e. The molecule has 0 bridgehead atoms. The molecular formula is C19H17F2N3O3. The summed E-state index contributed by atoms with van der Waals surface area (Å²) >= 11 is 0. The quantitative estimate of drug-likeness (QED) is 0.695. The number of anilines is 1. The fraction of sp³-hybridized carbons (Fsp3) is 0.158. The molecule has 2 amide bonds. The summed E-state index contributed by atoms with van der Waals surface area (Å²) in [5, 5.41) is 2.41. The molecule has 6 nitrogen and oxygen atoms in total. The van der Waals surface area contributed by atoms with Gasteiger partial charge in [0, 0.05) is 12.6 Å². The van der Waals surface area contributed by atoms with Gasteiger partial charge in [-0.2, -0.15) is 0 Å². The zero-order valence-corrected chi connectivity index (χ0v) is 14.5. The van der Waals surface area contributed by atoms with E-state index >= 15 is 0 Å². The van der Waals surface area contributed by atoms with Crippen molar-refractivity contribution < 1.29 is 22.8 Å². The number of nitrogens with one attached hydrogen (secondary N) is 1. The maximum Gasteiger partial charge on any atom is 0.286 e. The highest BCUT2D eigenvalue weighted by Crippen LogP contribution is 2.33. The minimum Gasteiger partial charge on any atom is -0.446 e. The first-order chi connectivity index (χ1) is 12.8. The SMILES string of the molecule is CN(CC(=O)Nc1c(C(N)=O)oc2c(F)cc(F)cc12)Cc1ccccc1. The summed E-state index contributed by atoms with van der Waals surface area (Å²) in [7, 11) is 1.74. The van der Waals surface area contributed by atoms with Gasteiger partial charge in [-0.15, -0.1) is 0 Å². The molecule has 8 heteroatoms. The fourth-order valence-electron chi connectivity index (χ4n) is 2.80. The first kappa shape index (κ1) is 18.5. The van der Waals surface area contributed by atoms with Crippen molar-refractivity contribution in [3.63, 3.8) is 0 Å². The number of fused-ring (bicyclic) bond motifs is 1. The number of amides is 2. The third-order valence-electron chi connectivity index (χ3n) is 3.91. The molecule has 0 atom stereocenters. The Hall–Kier alpha value is -3.26. The normalized spacial score (nSPS) is 11.1. The van der Waals surface area contributed by atoms with Gasteiger partial charge in [0.2, 0.25) is 11.7 Å². The van der Waals surface area contributed by atoms with Crippen LogP contribution in [0.5, 0.6) is 0 Å². The number of nitrogens with two attached hydrogens (primary N) is 1. The smallest absolute Gasteiger partial charge is 0.286 e. The van der Waals surface area contributed by atoms with Crippen LogP contribution in [0.15, 0.2) is 46.9 Å². The van der Waals surface area contributed by atoms with E-state index in [0.29, 0.717) is 12.6 Å². The second-order valence-corrected chi connectivity index (χ2v) is 6.14. The molecule has 0 aliphatic heterocycles. The molecular weight excluding hydrogens is 356 g/mol. The lowest BCUT2D eigenvalue weighted by Crippen LogP contribution is -2.30. The van der Waals surface area contributed by atoms with Gasteiger partial charge >= 0.3 is 0 Å². The van der Waals surface area contributed by atoms with Gasteiger partial charge in [0.05, 0.1) is 11.9 Å². The highest BCUT2D eigenvalue weighted by Gasteiger charge is 2.23. The summed E-state index contributed by atoms with van der Waals surface area (Å²) < 4.78 is 32.5. The number of halogens is 2. The van der Waals surface area contributed by atoms with Crippen molar-refractivity contribution in [2.45, 2.75) is 6.54 Å². The molecule has 3 rings (SSSR count). The number of likely N-dealkylation sites (N-methyl/N-ethyl adjacent to an activating group) is 1. The van der Waals surface area contributed by atoms with Crippen molar-refractivity contribution in [3.8, 4) is 0 Å². The van der Waals surface area contributed by atoms with Crippen LogP contribution in [0, 0.1) is 11.6 Å². The van der Waals surface area contributed by atoms with E-state index in [4.69, 9.17) is 10.2 Å². The van der Waals surface area contributed by atoms with E-state index in [1.165, 1.54) is 0 Å². The fourth-order valence-corrected chi connectivity index (χ4v) is 2.80. The molecule has 1 aromatic heterocycles. The van der Waals surface area contributed by atoms with E-state index in [0.717, 1.165) is 11.6 Å². The topological polar surface area (TPSA) is 88.6 Å². The number of primary amides is 1. The maximum atomic E-state index is 13.9. The minimum atomic E-state index is -1.00. The number of carbonyl (C=O) groups is 2. The molecule has 0 aliphatic rings. The third kappa shape index (κ3) is 4.12. The van der Waals surface area contributed by atoms with Crippen LogP contribution in [-0.2, 0) is 11.3 Å². The Kier molecular flexibility index (Phi) is 5.18. The van der Waals surface area contributed by atoms with Crippen molar-refractivity contribution in [2.24, 2.45) is 5.73 Å². The van der Waals surface area contributed by atoms with Crippen molar-refractivity contribution in [1.82, 2.24) is 4.90 Å². The van der Waals surface area contributed by atoms with Crippen molar-refractivity contribution >= 4 is 28.5 Å². The second-order valence-electron chi connectivity index (χ2n) is 6.14. The standard InChI is InChI=1S/C19H17F2N3O3/c1-24(9-11-5-3-2-4-6-11)10-15(25)23-16-13-7-12(20)8-14(21)17(13)27-18(16)19(22)26/h2-8H,9-10H2,1H3,(H2,22,26)(H,23,25). The van der Waals surface area contributed by atoms with Crippen LogP contribution in [0.3, 0.4) is 0 Å². The predicted octanol–water partition coefficient (Wildman–Crippen LogP) is 2.88. The summed E-state index contributed by atoms with van der Waals surface area (Å²) in [6.07, 6.45) is 0. The van der Waals surface area contributed by atoms with Gasteiger partial charge in [-0.3, -0.25) is 14.5 Å². The lowest BCUT2D eigenvalue weighted by Gasteiger charge is -2.16. The molecule has 140 valence electrons. The molecule has 1 heterocycles. The first-order valence-electron chi connectivity index (χ1n) is 8.09. The molecule has 0 unspecified atom stereocenters. The van der Waals surface area contributed by atoms with E-state index < -0.39 is 29.2 Å². The van der Waals surface area contributed by atoms with E-state index in [-0.39, 0.29) is 23.2 Å². The number of nitrogens with zero attached hydrogens (tertiary/aromatic N) is 1. The summed E-state index contributed by atoms with van der Waals surface area (Å²) in [6, 6.07) is 11.1. The molecule has 3 aromatic rings. The summed E-state index contributed by atoms with van der Waals surface area (Å²) in [5.41, 5.74) is 5.76. The van der Waals surface area contributed by atoms with Crippen molar-refractivity contribution in [3.05, 3.63) is 65.4 Å². The summed E-state index contributed by atoms with van der Waals surface area (Å²) in [6.45, 7) is 0.504. The Morgan fingerprint density at radius 1 is 1.19 bits per heavy atom. The summed E-state index contributed by atoms with van der Waals surface area (Å²) in [5.74, 6) is -3.78. The zero-order valence-electron chi connectivity index (χ0n) is 14.5. The average Bonchev–Trinajstić information content (AvgIpc) is 2.94. The molecule has 0 fully saturated rings. The van der Waals surface area contributed by atoms with Gasteiger partial charge in [-0.25, -0.2) is 8.78 Å². The molecule has 0 radical (unpaired) electrons. The Morgan fingerprint density at radius 2 is 1.89 bits per heavy atom. The van der Waals surface area contributed by atoms with E-state index in [1.807, 2.05) is 30.3 Å². The van der Waals surface area contributed by atoms with Crippen LogP contribution in [0.2, 0.25) is 0 Å². The van der Waals surface area contributed by atoms with Crippen LogP contribution in [0.25, 0.3) is 11.0 Å². The third-order valence-corrected chi connectivity index (χ3v) is 3.91. The van der Waals surface area contributed by atoms with E-state index in [9.17, 15) is 18.4 Å². The van der Waals surface area contributed by atoms with E-state index in [2.05, 4.69) is 5.32 Å². The van der Waals surface area contributed by atoms with Crippen LogP contribution < -0.4 is 11.1 Å². The second kappa shape index (κ2) is 7.55. The van der Waals surface area contributed by atoms with Gasteiger partial charge in [0.15, 0.2) is 11.4 Å². The molecule has 2 aromatic carbocycles. The number of carbonyl (C=O) groups excluding carboxylic acids is 2. The molecule has 0 spiro atoms. The van der Waals surface area contributed by atoms with Crippen LogP contribution in [0.4, 0.5) is 14.5 Å². The number of hydrogen-bond donors (Lipinski definition) is 2. The number of benzene rings is 2. The number of furan rings is 1. The van der Waals surface area contributed by atoms with Crippen molar-refractivity contribution in [2.75, 3.05) is 18.9 Å². The number of rotatable bonds is 6. The molecule has 0 aliphatic carbocycles. The zero-order chi connectivity index (χ0) is 19.6. The average molecular weight is 373 g/mol. The Bertz CT molecular complexity index is 1000. The molecule has 0 saturated carbocycles. The maximum absolute atomic E-state index is 13.9. The van der Waals surface area contributed by atoms with Gasteiger partial charge in [0.25, 0.3) is 5.91 Å². The Morgan fingerprint density at radius 3 is 2.56 bits per heavy atom. The van der Waals surface area contributed by atoms with Crippen LogP contribution >= 0.6 is 0 Å². The lowest BCUT2D eigenvalue weighted by molar-refractivity contribution is -0.117. The van der Waals surface area contributed by atoms with Gasteiger partial charge in [-0.1, -0.05) is 30.3 Å². The number of hydrogen-bond acceptors (Lipinski definition) is 4. The lowest BCUT2D eigenvalue weighted by atomic mass is 10.2. The monoisotopic (exact) mass is 373 g/mol. The highest BCUT2D eigenvalue weighted by atomic mass is 19.1. The molecule has 27 heavy (non-hydrogen) atoms. The minimum absolute atomic E-state index is 0.0163. The van der Waals surface area contributed by atoms with Crippen LogP contribution in [0.1, 0.15) is 16.1 Å². The Balaban J connectivity index is 1.81. The van der Waals surface area contributed by atoms with E-state index in [1.54, 1.807) is 11.9 Å². The molecule has 3 N–H and O–H groups in total. The van der Waals surface area contributed by atoms with Gasteiger partial charge in [0.1, 0.15) is 11.5 Å². The van der Waals surface area contributed by atoms with Gasteiger partial charge in [-0.05, 0) is 18.7 Å². The van der Waals surface area contributed by atoms with Gasteiger partial charge < -0.3 is 15.5 Å². The van der Waals surface area contributed by atoms with Crippen molar-refractivity contribution in [1.29, 1.82) is 0 Å². The highest BCUT2D eigenvalue weighted by molar-refractivity contribution is 6.10. The molecule has 0 saturated heterocycles. The van der Waals surface area contributed by atoms with Crippen LogP contribution in [-0.4, -0.2) is 30.3 Å². The predicted molar refractivity (Wildman–Crippen MR) is 96.1 cm³/mol.